The van der Waals surface area contributed by atoms with E-state index >= 15 is 4.39 Å². The molecule has 0 aliphatic carbocycles. The largest absolute Gasteiger partial charge is 0.303 e. The van der Waals surface area contributed by atoms with Crippen molar-refractivity contribution in [3.63, 3.8) is 0 Å². The van der Waals surface area contributed by atoms with Crippen LogP contribution in [-0.2, 0) is 6.54 Å². The highest BCUT2D eigenvalue weighted by atomic mass is 19.1. The number of halogens is 1. The third-order valence-electron chi connectivity index (χ3n) is 7.16. The van der Waals surface area contributed by atoms with Crippen LogP contribution in [0.15, 0.2) is 36.8 Å². The minimum atomic E-state index is -0.182. The molecule has 0 spiro atoms. The summed E-state index contributed by atoms with van der Waals surface area (Å²) in [6.45, 7) is 7.49. The van der Waals surface area contributed by atoms with Crippen LogP contribution in [0.1, 0.15) is 41.4 Å². The van der Waals surface area contributed by atoms with Gasteiger partial charge >= 0.3 is 0 Å². The van der Waals surface area contributed by atoms with Crippen molar-refractivity contribution in [1.29, 1.82) is 0 Å². The van der Waals surface area contributed by atoms with Gasteiger partial charge in [-0.25, -0.2) is 24.3 Å². The maximum absolute atomic E-state index is 15.4. The van der Waals surface area contributed by atoms with Crippen LogP contribution in [0.2, 0.25) is 0 Å². The minimum Gasteiger partial charge on any atom is -0.303 e. The summed E-state index contributed by atoms with van der Waals surface area (Å²) in [5, 5.41) is 0. The Morgan fingerprint density at radius 1 is 1.06 bits per heavy atom. The van der Waals surface area contributed by atoms with E-state index in [0.717, 1.165) is 17.8 Å². The second kappa shape index (κ2) is 7.95. The second-order valence-electron chi connectivity index (χ2n) is 9.24. The molecule has 168 valence electrons. The lowest BCUT2D eigenvalue weighted by Crippen LogP contribution is -2.46. The summed E-state index contributed by atoms with van der Waals surface area (Å²) in [7, 11) is 0. The van der Waals surface area contributed by atoms with E-state index in [0.29, 0.717) is 52.5 Å². The molecule has 0 N–H and O–H groups in total. The van der Waals surface area contributed by atoms with Crippen LogP contribution >= 0.6 is 0 Å². The van der Waals surface area contributed by atoms with Gasteiger partial charge in [0, 0.05) is 24.5 Å². The molecule has 3 aromatic heterocycles. The van der Waals surface area contributed by atoms with Crippen molar-refractivity contribution in [3.8, 4) is 11.5 Å². The molecular weight excluding hydrogens is 417 g/mol. The first-order chi connectivity index (χ1) is 16.1. The molecule has 7 rings (SSSR count). The Balaban J connectivity index is 1.40. The summed E-state index contributed by atoms with van der Waals surface area (Å²) in [6.07, 6.45) is 7.36. The summed E-state index contributed by atoms with van der Waals surface area (Å²) in [4.78, 5) is 25.0. The third kappa shape index (κ3) is 3.58. The molecule has 33 heavy (non-hydrogen) atoms. The van der Waals surface area contributed by atoms with Gasteiger partial charge in [-0.3, -0.25) is 4.98 Å². The number of rotatable bonds is 4. The van der Waals surface area contributed by atoms with E-state index in [1.54, 1.807) is 24.7 Å². The summed E-state index contributed by atoms with van der Waals surface area (Å²) in [6, 6.07) is 5.78. The second-order valence-corrected chi connectivity index (χ2v) is 9.24. The average molecular weight is 444 g/mol. The maximum atomic E-state index is 15.4. The lowest BCUT2D eigenvalue weighted by atomic mass is 9.75. The van der Waals surface area contributed by atoms with E-state index < -0.39 is 0 Å². The Morgan fingerprint density at radius 2 is 1.91 bits per heavy atom. The van der Waals surface area contributed by atoms with Crippen LogP contribution in [0.5, 0.6) is 0 Å². The summed E-state index contributed by atoms with van der Waals surface area (Å²) in [5.74, 6) is 2.19. The van der Waals surface area contributed by atoms with Crippen LogP contribution < -0.4 is 0 Å². The molecule has 8 heteroatoms. The molecule has 0 saturated carbocycles. The van der Waals surface area contributed by atoms with Crippen molar-refractivity contribution in [2.45, 2.75) is 39.2 Å². The lowest BCUT2D eigenvalue weighted by molar-refractivity contribution is 0.0870. The number of hydrogen-bond acceptors (Lipinski definition) is 6. The van der Waals surface area contributed by atoms with E-state index in [2.05, 4.69) is 30.9 Å². The van der Waals surface area contributed by atoms with Crippen LogP contribution in [0.3, 0.4) is 0 Å². The molecule has 3 fully saturated rings. The van der Waals surface area contributed by atoms with Gasteiger partial charge in [0.1, 0.15) is 22.9 Å². The fraction of sp³-hybridized carbons (Fsp3) is 0.400. The highest BCUT2D eigenvalue weighted by Crippen LogP contribution is 2.39. The van der Waals surface area contributed by atoms with Crippen molar-refractivity contribution in [1.82, 2.24) is 34.4 Å². The van der Waals surface area contributed by atoms with Crippen molar-refractivity contribution < 1.29 is 4.39 Å². The Labute approximate surface area is 191 Å². The molecular formula is C25H26FN7. The van der Waals surface area contributed by atoms with Crippen molar-refractivity contribution in [3.05, 3.63) is 65.3 Å². The monoisotopic (exact) mass is 443 g/mol. The van der Waals surface area contributed by atoms with Gasteiger partial charge in [0.2, 0.25) is 0 Å². The molecule has 4 aromatic rings. The highest BCUT2D eigenvalue weighted by Gasteiger charge is 2.35. The minimum absolute atomic E-state index is 0.182. The maximum Gasteiger partial charge on any atom is 0.164 e. The topological polar surface area (TPSA) is 72.6 Å². The van der Waals surface area contributed by atoms with Gasteiger partial charge in [0.05, 0.1) is 18.4 Å². The standard InChI is InChI=1S/C25H26FN7/c1-15-23-25(30-16(2)29-15)33(24(31-23)22-12-27-7-8-28-22)13-19-4-3-18(11-21(19)26)20-14-32-9-5-17(20)6-10-32/h3-4,7-8,11-12,17,20H,5-6,9-10,13-14H2,1-2H3. The van der Waals surface area contributed by atoms with Gasteiger partial charge in [0.15, 0.2) is 11.5 Å². The van der Waals surface area contributed by atoms with Crippen LogP contribution in [0.4, 0.5) is 4.39 Å². The SMILES string of the molecule is Cc1nc(C)c2nc(-c3cnccn3)n(Cc3ccc(C4CN5CCC4CC5)cc3F)c2n1. The smallest absolute Gasteiger partial charge is 0.164 e. The molecule has 3 saturated heterocycles. The van der Waals surface area contributed by atoms with E-state index in [4.69, 9.17) is 4.98 Å². The van der Waals surface area contributed by atoms with Gasteiger partial charge in [-0.2, -0.15) is 0 Å². The van der Waals surface area contributed by atoms with Crippen molar-refractivity contribution >= 4 is 11.2 Å². The summed E-state index contributed by atoms with van der Waals surface area (Å²) in [5.41, 5.74) is 4.52. The molecule has 1 atom stereocenters. The average Bonchev–Trinajstić information content (AvgIpc) is 3.20. The number of benzene rings is 1. The summed E-state index contributed by atoms with van der Waals surface area (Å²) < 4.78 is 17.3. The Morgan fingerprint density at radius 3 is 2.61 bits per heavy atom. The molecule has 1 unspecified atom stereocenters. The fourth-order valence-electron chi connectivity index (χ4n) is 5.47. The Kier molecular flexibility index (Phi) is 4.90. The van der Waals surface area contributed by atoms with Crippen LogP contribution in [-0.4, -0.2) is 54.0 Å². The van der Waals surface area contributed by atoms with E-state index in [9.17, 15) is 0 Å². The number of nitrogens with zero attached hydrogens (tertiary/aromatic N) is 7. The zero-order valence-corrected chi connectivity index (χ0v) is 18.9. The lowest BCUT2D eigenvalue weighted by Gasteiger charge is -2.45. The van der Waals surface area contributed by atoms with Crippen LogP contribution in [0, 0.1) is 25.6 Å². The fourth-order valence-corrected chi connectivity index (χ4v) is 5.47. The number of fused-ring (bicyclic) bond motifs is 4. The predicted octanol–water partition coefficient (Wildman–Crippen LogP) is 3.90. The highest BCUT2D eigenvalue weighted by molar-refractivity contribution is 5.78. The molecule has 0 radical (unpaired) electrons. The molecule has 3 aliphatic heterocycles. The molecule has 1 aromatic carbocycles. The van der Waals surface area contributed by atoms with Gasteiger partial charge in [-0.1, -0.05) is 12.1 Å². The van der Waals surface area contributed by atoms with Crippen molar-refractivity contribution in [2.75, 3.05) is 19.6 Å². The van der Waals surface area contributed by atoms with Gasteiger partial charge in [-0.05, 0) is 63.2 Å². The van der Waals surface area contributed by atoms with Crippen molar-refractivity contribution in [2.24, 2.45) is 5.92 Å². The zero-order chi connectivity index (χ0) is 22.5. The number of hydrogen-bond donors (Lipinski definition) is 0. The Bertz CT molecular complexity index is 1330. The van der Waals surface area contributed by atoms with Gasteiger partial charge in [-0.15, -0.1) is 0 Å². The van der Waals surface area contributed by atoms with Gasteiger partial charge in [0.25, 0.3) is 0 Å². The van der Waals surface area contributed by atoms with Crippen LogP contribution in [0.25, 0.3) is 22.7 Å². The first-order valence-corrected chi connectivity index (χ1v) is 11.6. The normalized spacial score (nSPS) is 22.2. The van der Waals surface area contributed by atoms with E-state index in [1.165, 1.54) is 25.9 Å². The molecule has 3 aliphatic rings. The van der Waals surface area contributed by atoms with E-state index in [1.807, 2.05) is 24.5 Å². The quantitative estimate of drug-likeness (QED) is 0.476. The molecule has 0 amide bonds. The third-order valence-corrected chi connectivity index (χ3v) is 7.16. The Hall–Kier alpha value is -3.26. The van der Waals surface area contributed by atoms with E-state index in [-0.39, 0.29) is 5.82 Å². The number of piperidine rings is 3. The first kappa shape index (κ1) is 20.4. The number of aryl methyl sites for hydroxylation is 2. The molecule has 6 heterocycles. The van der Waals surface area contributed by atoms with Gasteiger partial charge < -0.3 is 9.47 Å². The molecule has 7 nitrogen and oxygen atoms in total. The first-order valence-electron chi connectivity index (χ1n) is 11.6. The summed E-state index contributed by atoms with van der Waals surface area (Å²) >= 11 is 0. The predicted molar refractivity (Wildman–Crippen MR) is 123 cm³/mol. The number of imidazole rings is 1. The number of aromatic nitrogens is 6. The zero-order valence-electron chi connectivity index (χ0n) is 18.9. The molecule has 2 bridgehead atoms.